The molecule has 3 rings (SSSR count). The zero-order valence-electron chi connectivity index (χ0n) is 12.5. The van der Waals surface area contributed by atoms with Crippen LogP contribution in [-0.4, -0.2) is 28.8 Å². The van der Waals surface area contributed by atoms with E-state index < -0.39 is 23.7 Å². The molecule has 0 saturated heterocycles. The second kappa shape index (κ2) is 5.62. The summed E-state index contributed by atoms with van der Waals surface area (Å²) in [6.45, 7) is 5.31. The van der Waals surface area contributed by atoms with E-state index in [0.717, 1.165) is 19.3 Å². The van der Waals surface area contributed by atoms with Crippen molar-refractivity contribution in [2.75, 3.05) is 0 Å². The number of ether oxygens (including phenoxy) is 1. The number of rotatable bonds is 3. The minimum absolute atomic E-state index is 0.0486. The maximum Gasteiger partial charge on any atom is 0.408 e. The third kappa shape index (κ3) is 3.64. The number of carbonyl (C=O) groups is 2. The molecule has 0 heterocycles. The van der Waals surface area contributed by atoms with Crippen LogP contribution in [-0.2, 0) is 9.53 Å². The second-order valence-corrected chi connectivity index (χ2v) is 7.14. The highest BCUT2D eigenvalue weighted by molar-refractivity contribution is 5.80. The molecule has 0 radical (unpaired) electrons. The number of aliphatic carboxylic acids is 1. The van der Waals surface area contributed by atoms with Gasteiger partial charge < -0.3 is 15.2 Å². The lowest BCUT2D eigenvalue weighted by molar-refractivity contribution is -0.143. The van der Waals surface area contributed by atoms with E-state index in [1.807, 2.05) is 0 Å². The first-order valence-electron chi connectivity index (χ1n) is 7.48. The van der Waals surface area contributed by atoms with Gasteiger partial charge in [-0.2, -0.15) is 0 Å². The predicted molar refractivity (Wildman–Crippen MR) is 74.3 cm³/mol. The topological polar surface area (TPSA) is 75.6 Å². The maximum absolute atomic E-state index is 11.8. The van der Waals surface area contributed by atoms with Crippen molar-refractivity contribution >= 4 is 12.1 Å². The Kier molecular flexibility index (Phi) is 4.25. The zero-order valence-corrected chi connectivity index (χ0v) is 12.5. The van der Waals surface area contributed by atoms with Gasteiger partial charge >= 0.3 is 12.1 Å². The molecule has 20 heavy (non-hydrogen) atoms. The fraction of sp³-hybridized carbons (Fsp3) is 0.867. The van der Waals surface area contributed by atoms with Crippen LogP contribution in [0.4, 0.5) is 4.79 Å². The third-order valence-corrected chi connectivity index (χ3v) is 4.47. The largest absolute Gasteiger partial charge is 0.480 e. The Balaban J connectivity index is 2.01. The van der Waals surface area contributed by atoms with Crippen LogP contribution in [0.15, 0.2) is 0 Å². The second-order valence-electron chi connectivity index (χ2n) is 7.14. The predicted octanol–water partition coefficient (Wildman–Crippen LogP) is 2.79. The number of fused-ring (bicyclic) bond motifs is 3. The Bertz CT molecular complexity index is 380. The molecule has 0 spiro atoms. The summed E-state index contributed by atoms with van der Waals surface area (Å²) in [6, 6.07) is -0.821. The summed E-state index contributed by atoms with van der Waals surface area (Å²) < 4.78 is 5.18. The molecule has 2 N–H and O–H groups in total. The Morgan fingerprint density at radius 1 is 1.20 bits per heavy atom. The fourth-order valence-corrected chi connectivity index (χ4v) is 3.62. The Morgan fingerprint density at radius 3 is 2.20 bits per heavy atom. The SMILES string of the molecule is CC(C)(C)OC(=O)N[C@H](C(=O)O)C1CC2CCC1CC2. The van der Waals surface area contributed by atoms with Crippen LogP contribution in [0.1, 0.15) is 52.9 Å². The van der Waals surface area contributed by atoms with E-state index in [-0.39, 0.29) is 5.92 Å². The van der Waals surface area contributed by atoms with E-state index in [4.69, 9.17) is 4.74 Å². The van der Waals surface area contributed by atoms with Crippen molar-refractivity contribution in [3.63, 3.8) is 0 Å². The molecule has 2 bridgehead atoms. The maximum atomic E-state index is 11.8. The van der Waals surface area contributed by atoms with Gasteiger partial charge in [-0.25, -0.2) is 9.59 Å². The minimum Gasteiger partial charge on any atom is -0.480 e. The molecule has 3 saturated carbocycles. The molecule has 1 unspecified atom stereocenters. The van der Waals surface area contributed by atoms with E-state index >= 15 is 0 Å². The first-order valence-corrected chi connectivity index (χ1v) is 7.48. The summed E-state index contributed by atoms with van der Waals surface area (Å²) in [4.78, 5) is 23.3. The molecule has 3 aliphatic rings. The van der Waals surface area contributed by atoms with Crippen LogP contribution in [0.3, 0.4) is 0 Å². The third-order valence-electron chi connectivity index (χ3n) is 4.47. The molecular formula is C15H25NO4. The van der Waals surface area contributed by atoms with E-state index in [1.54, 1.807) is 20.8 Å². The molecule has 5 nitrogen and oxygen atoms in total. The van der Waals surface area contributed by atoms with Gasteiger partial charge in [0.2, 0.25) is 0 Å². The molecule has 0 aromatic carbocycles. The van der Waals surface area contributed by atoms with Crippen LogP contribution >= 0.6 is 0 Å². The molecule has 3 fully saturated rings. The van der Waals surface area contributed by atoms with Crippen LogP contribution in [0.2, 0.25) is 0 Å². The van der Waals surface area contributed by atoms with Gasteiger partial charge in [0.05, 0.1) is 0 Å². The van der Waals surface area contributed by atoms with Crippen molar-refractivity contribution in [1.82, 2.24) is 5.32 Å². The lowest BCUT2D eigenvalue weighted by Crippen LogP contribution is -2.52. The summed E-state index contributed by atoms with van der Waals surface area (Å²) in [5.41, 5.74) is -0.612. The van der Waals surface area contributed by atoms with Gasteiger partial charge in [0, 0.05) is 0 Å². The van der Waals surface area contributed by atoms with Crippen molar-refractivity contribution in [2.45, 2.75) is 64.5 Å². The smallest absolute Gasteiger partial charge is 0.408 e. The number of carboxylic acids is 1. The normalized spacial score (nSPS) is 30.6. The monoisotopic (exact) mass is 283 g/mol. The van der Waals surface area contributed by atoms with Gasteiger partial charge in [0.25, 0.3) is 0 Å². The van der Waals surface area contributed by atoms with Gasteiger partial charge in [-0.05, 0) is 57.8 Å². The van der Waals surface area contributed by atoms with Crippen molar-refractivity contribution in [3.05, 3.63) is 0 Å². The summed E-state index contributed by atoms with van der Waals surface area (Å²) in [7, 11) is 0. The van der Waals surface area contributed by atoms with Crippen LogP contribution in [0.25, 0.3) is 0 Å². The summed E-state index contributed by atoms with van der Waals surface area (Å²) in [6.07, 6.45) is 4.88. The molecule has 5 heteroatoms. The fourth-order valence-electron chi connectivity index (χ4n) is 3.62. The number of carboxylic acid groups (broad SMARTS) is 1. The van der Waals surface area contributed by atoms with Crippen molar-refractivity contribution in [3.8, 4) is 0 Å². The van der Waals surface area contributed by atoms with Crippen molar-refractivity contribution in [2.24, 2.45) is 17.8 Å². The molecule has 3 aliphatic carbocycles. The molecule has 0 aromatic heterocycles. The van der Waals surface area contributed by atoms with Crippen LogP contribution in [0, 0.1) is 17.8 Å². The molecule has 114 valence electrons. The van der Waals surface area contributed by atoms with Gasteiger partial charge in [0.1, 0.15) is 11.6 Å². The molecule has 1 amide bonds. The highest BCUT2D eigenvalue weighted by atomic mass is 16.6. The van der Waals surface area contributed by atoms with E-state index in [9.17, 15) is 14.7 Å². The van der Waals surface area contributed by atoms with Crippen LogP contribution in [0.5, 0.6) is 0 Å². The first kappa shape index (κ1) is 15.1. The average molecular weight is 283 g/mol. The molecule has 0 aliphatic heterocycles. The minimum atomic E-state index is -0.951. The lowest BCUT2D eigenvalue weighted by atomic mass is 9.62. The van der Waals surface area contributed by atoms with E-state index in [2.05, 4.69) is 5.32 Å². The number of hydrogen-bond donors (Lipinski definition) is 2. The number of hydrogen-bond acceptors (Lipinski definition) is 3. The average Bonchev–Trinajstić information content (AvgIpc) is 2.35. The van der Waals surface area contributed by atoms with Gasteiger partial charge in [0.15, 0.2) is 0 Å². The number of alkyl carbamates (subject to hydrolysis) is 1. The van der Waals surface area contributed by atoms with Gasteiger partial charge in [-0.1, -0.05) is 12.8 Å². The summed E-state index contributed by atoms with van der Waals surface area (Å²) in [5, 5.41) is 12.0. The van der Waals surface area contributed by atoms with Gasteiger partial charge in [-0.3, -0.25) is 0 Å². The molecular weight excluding hydrogens is 258 g/mol. The number of amides is 1. The lowest BCUT2D eigenvalue weighted by Gasteiger charge is -2.44. The molecule has 0 aromatic rings. The van der Waals surface area contributed by atoms with E-state index in [1.165, 1.54) is 12.8 Å². The zero-order chi connectivity index (χ0) is 14.9. The van der Waals surface area contributed by atoms with Gasteiger partial charge in [-0.15, -0.1) is 0 Å². The standard InChI is InChI=1S/C15H25NO4/c1-15(2,3)20-14(19)16-12(13(17)18)11-8-9-4-6-10(11)7-5-9/h9-12H,4-8H2,1-3H3,(H,16,19)(H,17,18)/t9?,10?,11?,12-/m0/s1. The van der Waals surface area contributed by atoms with E-state index in [0.29, 0.717) is 11.8 Å². The quantitative estimate of drug-likeness (QED) is 0.835. The highest BCUT2D eigenvalue weighted by Gasteiger charge is 2.43. The van der Waals surface area contributed by atoms with Crippen LogP contribution < -0.4 is 5.32 Å². The Hall–Kier alpha value is -1.26. The highest BCUT2D eigenvalue weighted by Crippen LogP contribution is 2.46. The summed E-state index contributed by atoms with van der Waals surface area (Å²) >= 11 is 0. The number of carbonyl (C=O) groups excluding carboxylic acids is 1. The van der Waals surface area contributed by atoms with Crippen molar-refractivity contribution < 1.29 is 19.4 Å². The first-order chi connectivity index (χ1) is 9.26. The Morgan fingerprint density at radius 2 is 1.80 bits per heavy atom. The Labute approximate surface area is 120 Å². The van der Waals surface area contributed by atoms with Crippen molar-refractivity contribution in [1.29, 1.82) is 0 Å². The number of nitrogens with one attached hydrogen (secondary N) is 1. The summed E-state index contributed by atoms with van der Waals surface area (Å²) in [5.74, 6) is 0.157. The molecule has 2 atom stereocenters.